The molecule has 1 unspecified atom stereocenters. The topological polar surface area (TPSA) is 81.7 Å². The summed E-state index contributed by atoms with van der Waals surface area (Å²) >= 11 is 0. The summed E-state index contributed by atoms with van der Waals surface area (Å²) in [5.74, 6) is -0.529. The Kier molecular flexibility index (Phi) is 4.89. The monoisotopic (exact) mass is 243 g/mol. The predicted molar refractivity (Wildman–Crippen MR) is 62.9 cm³/mol. The highest BCUT2D eigenvalue weighted by Gasteiger charge is 2.25. The number of carbonyl (C=O) groups is 2. The molecule has 2 amide bonds. The van der Waals surface area contributed by atoms with Crippen molar-refractivity contribution in [2.24, 2.45) is 0 Å². The van der Waals surface area contributed by atoms with Crippen LogP contribution in [-0.4, -0.2) is 47.1 Å². The molecule has 1 aliphatic rings. The molecule has 1 heterocycles. The van der Waals surface area contributed by atoms with Gasteiger partial charge >= 0.3 is 0 Å². The highest BCUT2D eigenvalue weighted by molar-refractivity contribution is 5.81. The quantitative estimate of drug-likeness (QED) is 0.565. The number of hydrogen-bond acceptors (Lipinski definition) is 4. The molecular weight excluding hydrogens is 222 g/mol. The minimum atomic E-state index is -0.622. The Hall–Kier alpha value is -1.14. The molecule has 6 heteroatoms. The van der Waals surface area contributed by atoms with Gasteiger partial charge in [-0.05, 0) is 32.7 Å². The van der Waals surface area contributed by atoms with Gasteiger partial charge in [-0.15, -0.1) is 0 Å². The highest BCUT2D eigenvalue weighted by atomic mass is 16.3. The number of hydrogen-bond donors (Lipinski definition) is 3. The van der Waals surface area contributed by atoms with Crippen molar-refractivity contribution in [1.29, 1.82) is 0 Å². The largest absolute Gasteiger partial charge is 0.390 e. The van der Waals surface area contributed by atoms with Crippen LogP contribution in [-0.2, 0) is 9.59 Å². The van der Waals surface area contributed by atoms with Crippen molar-refractivity contribution < 1.29 is 14.7 Å². The average Bonchev–Trinajstić information content (AvgIpc) is 2.37. The molecule has 0 aromatic heterocycles. The van der Waals surface area contributed by atoms with Crippen LogP contribution >= 0.6 is 0 Å². The molecule has 0 aliphatic carbocycles. The first-order chi connectivity index (χ1) is 7.89. The Morgan fingerprint density at radius 2 is 2.00 bits per heavy atom. The first-order valence-corrected chi connectivity index (χ1v) is 5.89. The maximum absolute atomic E-state index is 11.5. The van der Waals surface area contributed by atoms with Crippen LogP contribution in [0.1, 0.15) is 33.1 Å². The van der Waals surface area contributed by atoms with Crippen LogP contribution in [0, 0.1) is 0 Å². The van der Waals surface area contributed by atoms with Crippen LogP contribution in [0.15, 0.2) is 0 Å². The van der Waals surface area contributed by atoms with Crippen LogP contribution < -0.4 is 10.9 Å². The summed E-state index contributed by atoms with van der Waals surface area (Å²) in [4.78, 5) is 24.1. The predicted octanol–water partition coefficient (Wildman–Crippen LogP) is -0.609. The molecule has 6 nitrogen and oxygen atoms in total. The summed E-state index contributed by atoms with van der Waals surface area (Å²) in [5.41, 5.74) is 3.96. The van der Waals surface area contributed by atoms with Gasteiger partial charge in [0.2, 0.25) is 5.91 Å². The molecule has 0 saturated carbocycles. The number of carbonyl (C=O) groups excluding carboxylic acids is 2. The SMILES string of the molecule is CC(=O)NNC(=O)CN1CCCC(C)(O)CC1. The van der Waals surface area contributed by atoms with Crippen LogP contribution in [0.5, 0.6) is 0 Å². The van der Waals surface area contributed by atoms with E-state index in [-0.39, 0.29) is 18.4 Å². The lowest BCUT2D eigenvalue weighted by Crippen LogP contribution is -2.46. The highest BCUT2D eigenvalue weighted by Crippen LogP contribution is 2.20. The summed E-state index contributed by atoms with van der Waals surface area (Å²) < 4.78 is 0. The summed E-state index contributed by atoms with van der Waals surface area (Å²) in [6, 6.07) is 0. The smallest absolute Gasteiger partial charge is 0.252 e. The van der Waals surface area contributed by atoms with Crippen molar-refractivity contribution in [2.75, 3.05) is 19.6 Å². The van der Waals surface area contributed by atoms with Crippen molar-refractivity contribution in [3.8, 4) is 0 Å². The number of rotatable bonds is 2. The van der Waals surface area contributed by atoms with Gasteiger partial charge in [-0.1, -0.05) is 0 Å². The molecule has 0 spiro atoms. The van der Waals surface area contributed by atoms with E-state index in [1.54, 1.807) is 0 Å². The minimum absolute atomic E-state index is 0.234. The Bertz CT molecular complexity index is 292. The van der Waals surface area contributed by atoms with Crippen molar-refractivity contribution >= 4 is 11.8 Å². The van der Waals surface area contributed by atoms with E-state index in [4.69, 9.17) is 0 Å². The van der Waals surface area contributed by atoms with Gasteiger partial charge in [0.15, 0.2) is 0 Å². The van der Waals surface area contributed by atoms with Gasteiger partial charge in [-0.2, -0.15) is 0 Å². The summed E-state index contributed by atoms with van der Waals surface area (Å²) in [6.45, 7) is 4.90. The first-order valence-electron chi connectivity index (χ1n) is 5.89. The second kappa shape index (κ2) is 5.97. The van der Waals surface area contributed by atoms with Gasteiger partial charge < -0.3 is 5.11 Å². The standard InChI is InChI=1S/C11H21N3O3/c1-9(15)12-13-10(16)8-14-6-3-4-11(2,17)5-7-14/h17H,3-8H2,1-2H3,(H,12,15)(H,13,16). The minimum Gasteiger partial charge on any atom is -0.390 e. The average molecular weight is 243 g/mol. The number of likely N-dealkylation sites (tertiary alicyclic amines) is 1. The van der Waals surface area contributed by atoms with E-state index in [9.17, 15) is 14.7 Å². The summed E-state index contributed by atoms with van der Waals surface area (Å²) in [7, 11) is 0. The molecule has 0 aromatic carbocycles. The molecule has 1 fully saturated rings. The first kappa shape index (κ1) is 13.9. The summed E-state index contributed by atoms with van der Waals surface area (Å²) in [5, 5.41) is 9.90. The molecule has 1 aliphatic heterocycles. The Morgan fingerprint density at radius 3 is 2.65 bits per heavy atom. The normalized spacial score (nSPS) is 26.1. The number of nitrogens with one attached hydrogen (secondary N) is 2. The molecule has 0 bridgehead atoms. The van der Waals surface area contributed by atoms with E-state index in [1.807, 2.05) is 11.8 Å². The van der Waals surface area contributed by atoms with Gasteiger partial charge in [0.25, 0.3) is 5.91 Å². The van der Waals surface area contributed by atoms with Crippen LogP contribution in [0.2, 0.25) is 0 Å². The maximum Gasteiger partial charge on any atom is 0.252 e. The van der Waals surface area contributed by atoms with Gasteiger partial charge in [0, 0.05) is 13.5 Å². The van der Waals surface area contributed by atoms with Gasteiger partial charge in [0.1, 0.15) is 0 Å². The third-order valence-electron chi connectivity index (χ3n) is 2.90. The molecule has 1 rings (SSSR count). The molecule has 3 N–H and O–H groups in total. The van der Waals surface area contributed by atoms with Gasteiger partial charge in [-0.25, -0.2) is 0 Å². The molecule has 1 saturated heterocycles. The van der Waals surface area contributed by atoms with E-state index in [0.29, 0.717) is 13.0 Å². The summed E-state index contributed by atoms with van der Waals surface area (Å²) in [6.07, 6.45) is 2.30. The second-order valence-corrected chi connectivity index (χ2v) is 4.86. The van der Waals surface area contributed by atoms with E-state index in [1.165, 1.54) is 6.92 Å². The lowest BCUT2D eigenvalue weighted by Gasteiger charge is -2.21. The fourth-order valence-electron chi connectivity index (χ4n) is 1.88. The fraction of sp³-hybridized carbons (Fsp3) is 0.818. The van der Waals surface area contributed by atoms with Crippen molar-refractivity contribution in [2.45, 2.75) is 38.7 Å². The molecule has 17 heavy (non-hydrogen) atoms. The van der Waals surface area contributed by atoms with E-state index < -0.39 is 5.60 Å². The van der Waals surface area contributed by atoms with Crippen LogP contribution in [0.4, 0.5) is 0 Å². The zero-order chi connectivity index (χ0) is 12.9. The van der Waals surface area contributed by atoms with Crippen molar-refractivity contribution in [3.05, 3.63) is 0 Å². The maximum atomic E-state index is 11.5. The van der Waals surface area contributed by atoms with E-state index in [0.717, 1.165) is 19.4 Å². The van der Waals surface area contributed by atoms with E-state index in [2.05, 4.69) is 10.9 Å². The fourth-order valence-corrected chi connectivity index (χ4v) is 1.88. The van der Waals surface area contributed by atoms with Crippen LogP contribution in [0.25, 0.3) is 0 Å². The van der Waals surface area contributed by atoms with Crippen LogP contribution in [0.3, 0.4) is 0 Å². The zero-order valence-corrected chi connectivity index (χ0v) is 10.5. The third-order valence-corrected chi connectivity index (χ3v) is 2.90. The Balaban J connectivity index is 2.31. The number of hydrazine groups is 1. The van der Waals surface area contributed by atoms with E-state index >= 15 is 0 Å². The lowest BCUT2D eigenvalue weighted by molar-refractivity contribution is -0.128. The van der Waals surface area contributed by atoms with Crippen molar-refractivity contribution in [1.82, 2.24) is 15.8 Å². The zero-order valence-electron chi connectivity index (χ0n) is 10.5. The van der Waals surface area contributed by atoms with Crippen molar-refractivity contribution in [3.63, 3.8) is 0 Å². The third kappa shape index (κ3) is 5.65. The Morgan fingerprint density at radius 1 is 1.29 bits per heavy atom. The molecule has 1 atom stereocenters. The second-order valence-electron chi connectivity index (χ2n) is 4.86. The molecular formula is C11H21N3O3. The number of aliphatic hydroxyl groups is 1. The molecule has 98 valence electrons. The molecule has 0 aromatic rings. The number of nitrogens with zero attached hydrogens (tertiary/aromatic N) is 1. The van der Waals surface area contributed by atoms with Gasteiger partial charge in [0.05, 0.1) is 12.1 Å². The Labute approximate surface area is 101 Å². The lowest BCUT2D eigenvalue weighted by atomic mass is 9.98. The van der Waals surface area contributed by atoms with Gasteiger partial charge in [-0.3, -0.25) is 25.3 Å². The molecule has 0 radical (unpaired) electrons. The number of amides is 2.